The van der Waals surface area contributed by atoms with E-state index in [9.17, 15) is 14.9 Å². The first-order valence-electron chi connectivity index (χ1n) is 10.0. The molecule has 0 spiro atoms. The highest BCUT2D eigenvalue weighted by molar-refractivity contribution is 6.11. The van der Waals surface area contributed by atoms with Crippen molar-refractivity contribution in [2.75, 3.05) is 13.2 Å². The fraction of sp³-hybridized carbons (Fsp3) is 0.160. The minimum Gasteiger partial charge on any atom is -0.464 e. The monoisotopic (exact) mass is 412 g/mol. The zero-order valence-electron chi connectivity index (χ0n) is 17.0. The van der Waals surface area contributed by atoms with Crippen LogP contribution in [0, 0.1) is 11.3 Å². The average molecular weight is 412 g/mol. The van der Waals surface area contributed by atoms with Gasteiger partial charge in [0.05, 0.1) is 6.54 Å². The molecule has 154 valence electrons. The number of nitrogens with one attached hydrogen (secondary N) is 1. The summed E-state index contributed by atoms with van der Waals surface area (Å²) in [6.07, 6.45) is 0.267. The lowest BCUT2D eigenvalue weighted by Crippen LogP contribution is -2.29. The molecule has 1 N–H and O–H groups in total. The van der Waals surface area contributed by atoms with Crippen molar-refractivity contribution in [2.45, 2.75) is 13.3 Å². The van der Waals surface area contributed by atoms with E-state index in [2.05, 4.69) is 11.4 Å². The molecule has 1 amide bonds. The van der Waals surface area contributed by atoms with E-state index in [0.717, 1.165) is 10.8 Å². The van der Waals surface area contributed by atoms with Gasteiger partial charge in [-0.2, -0.15) is 5.26 Å². The van der Waals surface area contributed by atoms with Crippen LogP contribution in [0.1, 0.15) is 24.5 Å². The second-order valence-corrected chi connectivity index (χ2v) is 6.95. The number of nitriles is 1. The van der Waals surface area contributed by atoms with Gasteiger partial charge in [0.15, 0.2) is 0 Å². The largest absolute Gasteiger partial charge is 0.464 e. The molecule has 0 radical (unpaired) electrons. The minimum absolute atomic E-state index is 0.0194. The summed E-state index contributed by atoms with van der Waals surface area (Å²) in [6, 6.07) is 21.0. The number of benzene rings is 3. The molecule has 1 aliphatic rings. The number of rotatable bonds is 5. The summed E-state index contributed by atoms with van der Waals surface area (Å²) >= 11 is 0. The van der Waals surface area contributed by atoms with E-state index in [-0.39, 0.29) is 31.1 Å². The Morgan fingerprint density at radius 2 is 1.81 bits per heavy atom. The maximum absolute atomic E-state index is 12.9. The Morgan fingerprint density at radius 1 is 1.03 bits per heavy atom. The molecule has 0 fully saturated rings. The topological polar surface area (TPSA) is 88.4 Å². The van der Waals surface area contributed by atoms with Crippen LogP contribution in [0.3, 0.4) is 0 Å². The lowest BCUT2D eigenvalue weighted by molar-refractivity contribution is -0.143. The first kappa shape index (κ1) is 20.2. The van der Waals surface area contributed by atoms with Crippen LogP contribution in [0.5, 0.6) is 11.5 Å². The first-order chi connectivity index (χ1) is 15.1. The second-order valence-electron chi connectivity index (χ2n) is 6.95. The first-order valence-corrected chi connectivity index (χ1v) is 10.0. The fourth-order valence-electron chi connectivity index (χ4n) is 3.58. The van der Waals surface area contributed by atoms with Crippen LogP contribution in [0.2, 0.25) is 0 Å². The fourth-order valence-corrected chi connectivity index (χ4v) is 3.58. The smallest absolute Gasteiger partial charge is 0.305 e. The van der Waals surface area contributed by atoms with Gasteiger partial charge in [-0.3, -0.25) is 9.59 Å². The van der Waals surface area contributed by atoms with Crippen molar-refractivity contribution in [1.82, 2.24) is 5.32 Å². The van der Waals surface area contributed by atoms with Crippen LogP contribution < -0.4 is 10.1 Å². The number of amides is 1. The Kier molecular flexibility index (Phi) is 5.67. The molecule has 0 saturated heterocycles. The molecular formula is C25H20N2O4. The van der Waals surface area contributed by atoms with Gasteiger partial charge in [-0.15, -0.1) is 0 Å². The van der Waals surface area contributed by atoms with Gasteiger partial charge in [-0.05, 0) is 17.5 Å². The molecule has 6 nitrogen and oxygen atoms in total. The molecule has 0 atom stereocenters. The molecule has 31 heavy (non-hydrogen) atoms. The summed E-state index contributed by atoms with van der Waals surface area (Å²) < 4.78 is 11.2. The third-order valence-corrected chi connectivity index (χ3v) is 5.05. The van der Waals surface area contributed by atoms with Gasteiger partial charge in [0.25, 0.3) is 5.91 Å². The highest BCUT2D eigenvalue weighted by Gasteiger charge is 2.28. The minimum atomic E-state index is -0.527. The lowest BCUT2D eigenvalue weighted by Gasteiger charge is -2.25. The summed E-state index contributed by atoms with van der Waals surface area (Å²) in [4.78, 5) is 24.2. The van der Waals surface area contributed by atoms with E-state index < -0.39 is 5.91 Å². The summed E-state index contributed by atoms with van der Waals surface area (Å²) in [5.74, 6) is 0.330. The predicted molar refractivity (Wildman–Crippen MR) is 116 cm³/mol. The van der Waals surface area contributed by atoms with Crippen LogP contribution >= 0.6 is 0 Å². The van der Waals surface area contributed by atoms with Crippen molar-refractivity contribution < 1.29 is 19.1 Å². The molecule has 3 aromatic carbocycles. The van der Waals surface area contributed by atoms with Gasteiger partial charge >= 0.3 is 5.97 Å². The van der Waals surface area contributed by atoms with Gasteiger partial charge < -0.3 is 14.8 Å². The van der Waals surface area contributed by atoms with E-state index in [1.54, 1.807) is 6.92 Å². The van der Waals surface area contributed by atoms with Gasteiger partial charge in [0.1, 0.15) is 29.7 Å². The van der Waals surface area contributed by atoms with E-state index in [1.165, 1.54) is 0 Å². The van der Waals surface area contributed by atoms with Crippen molar-refractivity contribution in [2.24, 2.45) is 0 Å². The quantitative estimate of drug-likeness (QED) is 0.228. The zero-order chi connectivity index (χ0) is 21.8. The summed E-state index contributed by atoms with van der Waals surface area (Å²) in [6.45, 7) is 1.86. The Bertz CT molecular complexity index is 1250. The van der Waals surface area contributed by atoms with Gasteiger partial charge in [-0.25, -0.2) is 0 Å². The summed E-state index contributed by atoms with van der Waals surface area (Å²) in [5, 5.41) is 14.5. The van der Waals surface area contributed by atoms with Crippen molar-refractivity contribution in [1.29, 1.82) is 5.26 Å². The lowest BCUT2D eigenvalue weighted by atomic mass is 9.88. The standard InChI is InChI=1S/C25H20N2O4/c1-2-22(28)30-14-13-27-25(29)20(15-26)23-18-9-5-6-10-21(18)31-24-17-8-4-3-7-16(17)11-12-19(23)24/h3-12H,2,13-14H2,1H3,(H,27,29)/b23-20+. The number of nitrogens with zero attached hydrogens (tertiary/aromatic N) is 1. The number of fused-ring (bicyclic) bond motifs is 4. The molecule has 3 aromatic rings. The number of esters is 1. The van der Waals surface area contributed by atoms with E-state index in [0.29, 0.717) is 28.2 Å². The highest BCUT2D eigenvalue weighted by atomic mass is 16.5. The van der Waals surface area contributed by atoms with E-state index in [4.69, 9.17) is 9.47 Å². The Morgan fingerprint density at radius 3 is 2.61 bits per heavy atom. The van der Waals surface area contributed by atoms with E-state index in [1.807, 2.05) is 60.7 Å². The second kappa shape index (κ2) is 8.72. The SMILES string of the molecule is CCC(=O)OCCNC(=O)/C(C#N)=C1\c2ccccc2Oc2c1ccc1ccccc21. The molecule has 0 aliphatic carbocycles. The molecule has 1 heterocycles. The maximum Gasteiger partial charge on any atom is 0.305 e. The number of carbonyl (C=O) groups is 2. The van der Waals surface area contributed by atoms with Crippen molar-refractivity contribution in [3.8, 4) is 17.6 Å². The molecule has 0 unspecified atom stereocenters. The third-order valence-electron chi connectivity index (χ3n) is 5.05. The van der Waals surface area contributed by atoms with Crippen LogP contribution in [-0.4, -0.2) is 25.0 Å². The van der Waals surface area contributed by atoms with Crippen molar-refractivity contribution >= 4 is 28.2 Å². The van der Waals surface area contributed by atoms with Crippen LogP contribution in [-0.2, 0) is 14.3 Å². The number of carbonyl (C=O) groups excluding carboxylic acids is 2. The average Bonchev–Trinajstić information content (AvgIpc) is 2.81. The number of hydrogen-bond donors (Lipinski definition) is 1. The van der Waals surface area contributed by atoms with Crippen LogP contribution in [0.25, 0.3) is 16.3 Å². The Hall–Kier alpha value is -4.11. The molecule has 0 aromatic heterocycles. The van der Waals surface area contributed by atoms with Crippen molar-refractivity contribution in [3.05, 3.63) is 77.4 Å². The van der Waals surface area contributed by atoms with E-state index >= 15 is 0 Å². The molecular weight excluding hydrogens is 392 g/mol. The van der Waals surface area contributed by atoms with Crippen molar-refractivity contribution in [3.63, 3.8) is 0 Å². The summed E-state index contributed by atoms with van der Waals surface area (Å²) in [5.41, 5.74) is 1.86. The molecule has 4 rings (SSSR count). The predicted octanol–water partition coefficient (Wildman–Crippen LogP) is 4.34. The normalized spacial score (nSPS) is 13.3. The number of para-hydroxylation sites is 1. The molecule has 6 heteroatoms. The Labute approximate surface area is 179 Å². The third kappa shape index (κ3) is 3.86. The molecule has 1 aliphatic heterocycles. The van der Waals surface area contributed by atoms with Crippen LogP contribution in [0.4, 0.5) is 0 Å². The zero-order valence-corrected chi connectivity index (χ0v) is 17.0. The maximum atomic E-state index is 12.9. The van der Waals surface area contributed by atoms with Crippen LogP contribution in [0.15, 0.2) is 66.2 Å². The Balaban J connectivity index is 1.78. The number of ether oxygens (including phenoxy) is 2. The van der Waals surface area contributed by atoms with Gasteiger partial charge in [0, 0.05) is 28.5 Å². The molecule has 0 bridgehead atoms. The number of hydrogen-bond acceptors (Lipinski definition) is 5. The van der Waals surface area contributed by atoms with Gasteiger partial charge in [0.2, 0.25) is 0 Å². The summed E-state index contributed by atoms with van der Waals surface area (Å²) in [7, 11) is 0. The molecule has 0 saturated carbocycles. The van der Waals surface area contributed by atoms with Gasteiger partial charge in [-0.1, -0.05) is 55.5 Å². The highest BCUT2D eigenvalue weighted by Crippen LogP contribution is 2.47.